The topological polar surface area (TPSA) is 145 Å². The van der Waals surface area contributed by atoms with Crippen LogP contribution in [0.2, 0.25) is 0 Å². The van der Waals surface area contributed by atoms with Crippen LogP contribution in [0, 0.1) is 0 Å². The lowest BCUT2D eigenvalue weighted by Gasteiger charge is -2.23. The molecule has 0 saturated heterocycles. The molecular weight excluding hydrogens is 442 g/mol. The van der Waals surface area contributed by atoms with E-state index in [0.29, 0.717) is 5.69 Å². The molecule has 0 aliphatic heterocycles. The Morgan fingerprint density at radius 1 is 1.00 bits per heavy atom. The van der Waals surface area contributed by atoms with E-state index in [4.69, 9.17) is 9.88 Å². The number of carbonyl (C=O) groups excluding carboxylic acids is 1. The van der Waals surface area contributed by atoms with Crippen LogP contribution in [0.5, 0.6) is 5.75 Å². The lowest BCUT2D eigenvalue weighted by molar-refractivity contribution is 0.102. The van der Waals surface area contributed by atoms with Gasteiger partial charge < -0.3 is 10.1 Å². The van der Waals surface area contributed by atoms with E-state index in [2.05, 4.69) is 10.0 Å². The summed E-state index contributed by atoms with van der Waals surface area (Å²) in [4.78, 5) is 12.5. The first-order chi connectivity index (χ1) is 14.6. The summed E-state index contributed by atoms with van der Waals surface area (Å²) in [5, 5.41) is 7.66. The van der Waals surface area contributed by atoms with E-state index in [0.717, 1.165) is 32.1 Å². The van der Waals surface area contributed by atoms with Crippen molar-refractivity contribution in [3.05, 3.63) is 48.0 Å². The molecule has 168 valence electrons. The Balaban J connectivity index is 1.82. The van der Waals surface area contributed by atoms with Crippen LogP contribution < -0.4 is 19.9 Å². The molecule has 11 heteroatoms. The van der Waals surface area contributed by atoms with Crippen LogP contribution in [0.1, 0.15) is 42.5 Å². The number of sulfonamides is 2. The molecule has 0 spiro atoms. The monoisotopic (exact) mass is 467 g/mol. The summed E-state index contributed by atoms with van der Waals surface area (Å²) in [6.07, 6.45) is 4.58. The van der Waals surface area contributed by atoms with Gasteiger partial charge in [-0.2, -0.15) is 0 Å². The first-order valence-electron chi connectivity index (χ1n) is 9.75. The second-order valence-electron chi connectivity index (χ2n) is 7.35. The molecule has 4 N–H and O–H groups in total. The largest absolute Gasteiger partial charge is 0.495 e. The number of rotatable bonds is 7. The van der Waals surface area contributed by atoms with Crippen molar-refractivity contribution >= 4 is 31.6 Å². The highest BCUT2D eigenvalue weighted by Crippen LogP contribution is 2.27. The highest BCUT2D eigenvalue weighted by Gasteiger charge is 2.26. The maximum absolute atomic E-state index is 13.0. The van der Waals surface area contributed by atoms with Gasteiger partial charge in [0.25, 0.3) is 5.91 Å². The lowest BCUT2D eigenvalue weighted by atomic mass is 9.96. The molecule has 0 aromatic heterocycles. The smallest absolute Gasteiger partial charge is 0.255 e. The predicted molar refractivity (Wildman–Crippen MR) is 116 cm³/mol. The third-order valence-electron chi connectivity index (χ3n) is 5.08. The maximum Gasteiger partial charge on any atom is 0.255 e. The van der Waals surface area contributed by atoms with E-state index in [1.54, 1.807) is 0 Å². The molecule has 0 heterocycles. The summed E-state index contributed by atoms with van der Waals surface area (Å²) in [6.45, 7) is 0. The second kappa shape index (κ2) is 9.35. The van der Waals surface area contributed by atoms with E-state index in [9.17, 15) is 21.6 Å². The number of primary sulfonamides is 1. The molecule has 1 saturated carbocycles. The van der Waals surface area contributed by atoms with Crippen LogP contribution in [-0.4, -0.2) is 35.9 Å². The van der Waals surface area contributed by atoms with Crippen molar-refractivity contribution in [2.24, 2.45) is 5.14 Å². The van der Waals surface area contributed by atoms with Crippen LogP contribution in [-0.2, 0) is 20.0 Å². The minimum Gasteiger partial charge on any atom is -0.495 e. The summed E-state index contributed by atoms with van der Waals surface area (Å²) in [6, 6.07) is 9.32. The number of carbonyl (C=O) groups is 1. The normalized spacial score (nSPS) is 15.4. The van der Waals surface area contributed by atoms with Gasteiger partial charge in [0, 0.05) is 17.3 Å². The van der Waals surface area contributed by atoms with Gasteiger partial charge in [-0.05, 0) is 55.3 Å². The molecule has 1 amide bonds. The minimum absolute atomic E-state index is 0.0860. The third-order valence-corrected chi connectivity index (χ3v) is 7.55. The minimum atomic E-state index is -3.89. The van der Waals surface area contributed by atoms with Gasteiger partial charge >= 0.3 is 0 Å². The van der Waals surface area contributed by atoms with Crippen molar-refractivity contribution in [3.8, 4) is 5.75 Å². The lowest BCUT2D eigenvalue weighted by Crippen LogP contribution is -2.36. The van der Waals surface area contributed by atoms with Gasteiger partial charge in [-0.1, -0.05) is 19.3 Å². The number of nitrogens with one attached hydrogen (secondary N) is 2. The molecule has 1 aliphatic carbocycles. The van der Waals surface area contributed by atoms with Crippen molar-refractivity contribution < 1.29 is 26.4 Å². The number of hydrogen-bond donors (Lipinski definition) is 3. The van der Waals surface area contributed by atoms with Crippen molar-refractivity contribution in [2.45, 2.75) is 47.9 Å². The van der Waals surface area contributed by atoms with E-state index in [1.807, 2.05) is 0 Å². The molecular formula is C20H25N3O6S2. The highest BCUT2D eigenvalue weighted by molar-refractivity contribution is 7.89. The van der Waals surface area contributed by atoms with E-state index in [1.165, 1.54) is 49.6 Å². The molecule has 31 heavy (non-hydrogen) atoms. The molecule has 1 aliphatic rings. The molecule has 0 radical (unpaired) electrons. The van der Waals surface area contributed by atoms with Crippen LogP contribution in [0.4, 0.5) is 5.69 Å². The Labute approximate surface area is 182 Å². The zero-order chi connectivity index (χ0) is 22.6. The first-order valence-corrected chi connectivity index (χ1v) is 12.8. The number of anilines is 1. The predicted octanol–water partition coefficient (Wildman–Crippen LogP) is 2.21. The molecule has 1 fully saturated rings. The Morgan fingerprint density at radius 3 is 2.23 bits per heavy atom. The first kappa shape index (κ1) is 23.2. The van der Waals surface area contributed by atoms with Gasteiger partial charge in [-0.3, -0.25) is 4.79 Å². The molecule has 9 nitrogen and oxygen atoms in total. The fourth-order valence-electron chi connectivity index (χ4n) is 3.46. The summed E-state index contributed by atoms with van der Waals surface area (Å²) < 4.78 is 56.5. The van der Waals surface area contributed by atoms with Crippen molar-refractivity contribution in [1.82, 2.24) is 4.72 Å². The quantitative estimate of drug-likeness (QED) is 0.569. The fourth-order valence-corrected chi connectivity index (χ4v) is 5.48. The van der Waals surface area contributed by atoms with Crippen LogP contribution in [0.25, 0.3) is 0 Å². The van der Waals surface area contributed by atoms with Crippen molar-refractivity contribution in [3.63, 3.8) is 0 Å². The molecule has 3 rings (SSSR count). The van der Waals surface area contributed by atoms with Gasteiger partial charge in [-0.25, -0.2) is 26.7 Å². The van der Waals surface area contributed by atoms with Gasteiger partial charge in [0.1, 0.15) is 10.6 Å². The Morgan fingerprint density at radius 2 is 1.65 bits per heavy atom. The van der Waals surface area contributed by atoms with Gasteiger partial charge in [0.2, 0.25) is 20.0 Å². The Kier molecular flexibility index (Phi) is 6.99. The number of methoxy groups -OCH3 is 1. The average Bonchev–Trinajstić information content (AvgIpc) is 2.73. The fraction of sp³-hybridized carbons (Fsp3) is 0.350. The zero-order valence-electron chi connectivity index (χ0n) is 17.0. The maximum atomic E-state index is 13.0. The van der Waals surface area contributed by atoms with E-state index >= 15 is 0 Å². The Hall–Kier alpha value is -2.47. The summed E-state index contributed by atoms with van der Waals surface area (Å²) in [5.41, 5.74) is 0.443. The van der Waals surface area contributed by atoms with Crippen LogP contribution >= 0.6 is 0 Å². The number of ether oxygens (including phenoxy) is 1. The van der Waals surface area contributed by atoms with E-state index < -0.39 is 26.0 Å². The molecule has 2 aromatic rings. The van der Waals surface area contributed by atoms with Gasteiger partial charge in [0.05, 0.1) is 12.0 Å². The third kappa shape index (κ3) is 5.82. The van der Waals surface area contributed by atoms with Crippen LogP contribution in [0.15, 0.2) is 52.3 Å². The molecule has 2 aromatic carbocycles. The number of hydrogen-bond acceptors (Lipinski definition) is 6. The SMILES string of the molecule is COc1ccc(C(=O)Nc2ccc(S(N)(=O)=O)cc2)cc1S(=O)(=O)NC1CCCCC1. The number of nitrogens with two attached hydrogens (primary N) is 1. The summed E-state index contributed by atoms with van der Waals surface area (Å²) in [7, 11) is -6.37. The molecule has 0 atom stereocenters. The standard InChI is InChI=1S/C20H25N3O6S2/c1-29-18-12-7-14(13-19(18)31(27,28)23-16-5-3-2-4-6-16)20(24)22-15-8-10-17(11-9-15)30(21,25)26/h7-13,16,23H,2-6H2,1H3,(H,22,24)(H2,21,25,26). The van der Waals surface area contributed by atoms with Gasteiger partial charge in [0.15, 0.2) is 0 Å². The number of benzene rings is 2. The average molecular weight is 468 g/mol. The Bertz CT molecular complexity index is 1160. The summed E-state index contributed by atoms with van der Waals surface area (Å²) in [5.74, 6) is -0.419. The van der Waals surface area contributed by atoms with Crippen molar-refractivity contribution in [1.29, 1.82) is 0 Å². The van der Waals surface area contributed by atoms with Crippen molar-refractivity contribution in [2.75, 3.05) is 12.4 Å². The zero-order valence-corrected chi connectivity index (χ0v) is 18.6. The highest BCUT2D eigenvalue weighted by atomic mass is 32.2. The second-order valence-corrected chi connectivity index (χ2v) is 10.6. The molecule has 0 unspecified atom stereocenters. The van der Waals surface area contributed by atoms with E-state index in [-0.39, 0.29) is 27.1 Å². The molecule has 0 bridgehead atoms. The number of amides is 1. The summed E-state index contributed by atoms with van der Waals surface area (Å²) >= 11 is 0. The van der Waals surface area contributed by atoms with Gasteiger partial charge in [-0.15, -0.1) is 0 Å². The van der Waals surface area contributed by atoms with Crippen LogP contribution in [0.3, 0.4) is 0 Å².